The first-order valence-electron chi connectivity index (χ1n) is 10.4. The Labute approximate surface area is 184 Å². The van der Waals surface area contributed by atoms with E-state index in [1.165, 1.54) is 0 Å². The van der Waals surface area contributed by atoms with Crippen LogP contribution in [0, 0.1) is 24.7 Å². The van der Waals surface area contributed by atoms with Crippen molar-refractivity contribution in [1.29, 1.82) is 10.8 Å². The molecule has 3 N–H and O–H groups in total. The van der Waals surface area contributed by atoms with Crippen LogP contribution in [0.25, 0.3) is 11.0 Å². The van der Waals surface area contributed by atoms with E-state index in [2.05, 4.69) is 20.4 Å². The Bertz CT molecular complexity index is 1110. The highest BCUT2D eigenvalue weighted by molar-refractivity contribution is 7.11. The van der Waals surface area contributed by atoms with Crippen molar-refractivity contribution in [3.05, 3.63) is 33.5 Å². The fourth-order valence-electron chi connectivity index (χ4n) is 3.73. The van der Waals surface area contributed by atoms with Crippen molar-refractivity contribution < 1.29 is 9.47 Å². The predicted molar refractivity (Wildman–Crippen MR) is 122 cm³/mol. The summed E-state index contributed by atoms with van der Waals surface area (Å²) in [4.78, 5) is 9.91. The fraction of sp³-hybridized carbons (Fsp3) is 0.476. The van der Waals surface area contributed by atoms with E-state index in [0.717, 1.165) is 45.1 Å². The summed E-state index contributed by atoms with van der Waals surface area (Å²) in [7, 11) is 0. The summed E-state index contributed by atoms with van der Waals surface area (Å²) >= 11 is 1.55. The first kappa shape index (κ1) is 21.4. The second-order valence-corrected chi connectivity index (χ2v) is 8.84. The van der Waals surface area contributed by atoms with E-state index in [1.54, 1.807) is 23.7 Å². The molecule has 0 bridgehead atoms. The van der Waals surface area contributed by atoms with E-state index < -0.39 is 0 Å². The number of pyridine rings is 1. The maximum absolute atomic E-state index is 8.56. The average molecular weight is 442 g/mol. The molecule has 3 aromatic heterocycles. The van der Waals surface area contributed by atoms with Crippen molar-refractivity contribution in [2.45, 2.75) is 52.6 Å². The van der Waals surface area contributed by atoms with Gasteiger partial charge in [-0.1, -0.05) is 0 Å². The Kier molecular flexibility index (Phi) is 6.28. The maximum Gasteiger partial charge on any atom is 0.224 e. The first-order chi connectivity index (χ1) is 15.0. The molecule has 0 amide bonds. The molecule has 0 aliphatic carbocycles. The molecule has 10 heteroatoms. The van der Waals surface area contributed by atoms with E-state index in [0.29, 0.717) is 31.7 Å². The van der Waals surface area contributed by atoms with Crippen LogP contribution >= 0.6 is 11.3 Å². The molecular weight excluding hydrogens is 414 g/mol. The number of hydrogen-bond acceptors (Lipinski definition) is 9. The molecule has 0 unspecified atom stereocenters. The zero-order chi connectivity index (χ0) is 22.0. The van der Waals surface area contributed by atoms with Gasteiger partial charge in [0.25, 0.3) is 0 Å². The average Bonchev–Trinajstić information content (AvgIpc) is 3.31. The lowest BCUT2D eigenvalue weighted by atomic mass is 10.1. The molecule has 1 saturated heterocycles. The van der Waals surface area contributed by atoms with Gasteiger partial charge in [0.05, 0.1) is 40.0 Å². The molecule has 1 aliphatic rings. The van der Waals surface area contributed by atoms with Crippen molar-refractivity contribution in [2.24, 2.45) is 0 Å². The number of aryl methyl sites for hydroxylation is 3. The third kappa shape index (κ3) is 4.59. The molecule has 4 rings (SSSR count). The van der Waals surface area contributed by atoms with Gasteiger partial charge in [0, 0.05) is 36.9 Å². The van der Waals surface area contributed by atoms with Crippen LogP contribution in [0.1, 0.15) is 40.9 Å². The number of rotatable bonds is 6. The SMILES string of the molecule is CCn1ncc2c(NC3CCOCC3)c(C(=N)OC(=N)Cc3sc(C)nc3C)cnc21. The number of thiazole rings is 1. The minimum Gasteiger partial charge on any atom is -0.425 e. The van der Waals surface area contributed by atoms with Gasteiger partial charge in [-0.25, -0.2) is 14.6 Å². The highest BCUT2D eigenvalue weighted by Crippen LogP contribution is 2.29. The smallest absolute Gasteiger partial charge is 0.224 e. The minimum absolute atomic E-state index is 0.0121. The molecule has 0 aromatic carbocycles. The fourth-order valence-corrected chi connectivity index (χ4v) is 4.67. The third-order valence-electron chi connectivity index (χ3n) is 5.33. The van der Waals surface area contributed by atoms with E-state index in [1.807, 2.05) is 25.5 Å². The summed E-state index contributed by atoms with van der Waals surface area (Å²) in [5, 5.41) is 26.6. The molecule has 0 spiro atoms. The van der Waals surface area contributed by atoms with Crippen LogP contribution in [-0.4, -0.2) is 50.8 Å². The van der Waals surface area contributed by atoms with Crippen molar-refractivity contribution in [3.8, 4) is 0 Å². The maximum atomic E-state index is 8.56. The number of anilines is 1. The molecule has 0 saturated carbocycles. The monoisotopic (exact) mass is 441 g/mol. The van der Waals surface area contributed by atoms with E-state index in [4.69, 9.17) is 20.3 Å². The van der Waals surface area contributed by atoms with Crippen molar-refractivity contribution in [2.75, 3.05) is 18.5 Å². The Balaban J connectivity index is 1.60. The van der Waals surface area contributed by atoms with Crippen LogP contribution in [0.3, 0.4) is 0 Å². The summed E-state index contributed by atoms with van der Waals surface area (Å²) in [5.41, 5.74) is 2.97. The number of hydrogen-bond donors (Lipinski definition) is 3. The van der Waals surface area contributed by atoms with Crippen LogP contribution in [-0.2, 0) is 22.4 Å². The van der Waals surface area contributed by atoms with Crippen LogP contribution in [0.4, 0.5) is 5.69 Å². The third-order valence-corrected chi connectivity index (χ3v) is 6.40. The zero-order valence-electron chi connectivity index (χ0n) is 18.0. The zero-order valence-corrected chi connectivity index (χ0v) is 18.8. The normalized spacial score (nSPS) is 14.7. The highest BCUT2D eigenvalue weighted by Gasteiger charge is 2.22. The molecule has 4 heterocycles. The van der Waals surface area contributed by atoms with E-state index in [-0.39, 0.29) is 17.8 Å². The van der Waals surface area contributed by atoms with Crippen molar-refractivity contribution in [3.63, 3.8) is 0 Å². The quantitative estimate of drug-likeness (QED) is 0.396. The van der Waals surface area contributed by atoms with Gasteiger partial charge in [0.2, 0.25) is 5.90 Å². The molecule has 164 valence electrons. The summed E-state index contributed by atoms with van der Waals surface area (Å²) in [6, 6.07) is 0.234. The van der Waals surface area contributed by atoms with E-state index >= 15 is 0 Å². The van der Waals surface area contributed by atoms with Gasteiger partial charge in [-0.3, -0.25) is 10.8 Å². The van der Waals surface area contributed by atoms with E-state index in [9.17, 15) is 0 Å². The lowest BCUT2D eigenvalue weighted by Gasteiger charge is -2.25. The Hall–Kier alpha value is -2.85. The number of fused-ring (bicyclic) bond motifs is 1. The number of nitrogens with one attached hydrogen (secondary N) is 3. The topological polar surface area (TPSA) is 122 Å². The van der Waals surface area contributed by atoms with Crippen LogP contribution < -0.4 is 5.32 Å². The molecule has 31 heavy (non-hydrogen) atoms. The van der Waals surface area contributed by atoms with Crippen molar-refractivity contribution >= 4 is 39.9 Å². The van der Waals surface area contributed by atoms with Crippen molar-refractivity contribution in [1.82, 2.24) is 19.7 Å². The largest absolute Gasteiger partial charge is 0.425 e. The lowest BCUT2D eigenvalue weighted by molar-refractivity contribution is 0.0905. The standard InChI is InChI=1S/C21H27N7O2S/c1-4-28-21-16(11-25-28)19(27-14-5-7-29-8-6-14)15(10-24-21)20(23)30-18(22)9-17-12(2)26-13(3)31-17/h10-11,14,22-23H,4-9H2,1-3H3,(H,24,27). The Morgan fingerprint density at radius 3 is 2.74 bits per heavy atom. The highest BCUT2D eigenvalue weighted by atomic mass is 32.1. The summed E-state index contributed by atoms with van der Waals surface area (Å²) in [6.07, 6.45) is 5.50. The predicted octanol–water partition coefficient (Wildman–Crippen LogP) is 3.68. The molecule has 3 aromatic rings. The number of ether oxygens (including phenoxy) is 2. The Morgan fingerprint density at radius 2 is 2.06 bits per heavy atom. The molecular formula is C21H27N7O2S. The van der Waals surface area contributed by atoms with Crippen LogP contribution in [0.5, 0.6) is 0 Å². The first-order valence-corrected chi connectivity index (χ1v) is 11.2. The molecule has 1 fully saturated rings. The second kappa shape index (κ2) is 9.11. The second-order valence-electron chi connectivity index (χ2n) is 7.55. The number of aromatic nitrogens is 4. The number of nitrogens with zero attached hydrogens (tertiary/aromatic N) is 4. The molecule has 9 nitrogen and oxygen atoms in total. The molecule has 0 atom stereocenters. The summed E-state index contributed by atoms with van der Waals surface area (Å²) < 4.78 is 12.9. The van der Waals surface area contributed by atoms with Gasteiger partial charge in [0.15, 0.2) is 11.5 Å². The lowest BCUT2D eigenvalue weighted by Crippen LogP contribution is -2.29. The summed E-state index contributed by atoms with van der Waals surface area (Å²) in [6.45, 7) is 8.02. The van der Waals surface area contributed by atoms with Gasteiger partial charge in [-0.05, 0) is 33.6 Å². The van der Waals surface area contributed by atoms with Crippen LogP contribution in [0.2, 0.25) is 0 Å². The van der Waals surface area contributed by atoms with Crippen LogP contribution in [0.15, 0.2) is 12.4 Å². The molecule has 1 aliphatic heterocycles. The van der Waals surface area contributed by atoms with Gasteiger partial charge in [0.1, 0.15) is 0 Å². The summed E-state index contributed by atoms with van der Waals surface area (Å²) in [5.74, 6) is -0.0878. The molecule has 0 radical (unpaired) electrons. The van der Waals surface area contributed by atoms with Gasteiger partial charge in [-0.2, -0.15) is 5.10 Å². The Morgan fingerprint density at radius 1 is 1.29 bits per heavy atom. The minimum atomic E-state index is -0.0999. The van der Waals surface area contributed by atoms with Gasteiger partial charge < -0.3 is 14.8 Å². The van der Waals surface area contributed by atoms with Gasteiger partial charge in [-0.15, -0.1) is 11.3 Å². The van der Waals surface area contributed by atoms with Gasteiger partial charge >= 0.3 is 0 Å².